The van der Waals surface area contributed by atoms with Crippen LogP contribution in [-0.4, -0.2) is 49.9 Å². The number of ether oxygens (including phenoxy) is 1. The second-order valence-electron chi connectivity index (χ2n) is 10.1. The smallest absolute Gasteiger partial charge is 0.255 e. The number of carbonyl (C=O) groups is 1. The van der Waals surface area contributed by atoms with Gasteiger partial charge in [0.2, 0.25) is 0 Å². The molecular formula is C26H35FN4O3Si. The SMILES string of the molecule is COc1ccc(-c2cn[nH]n2)cc1C(=O)NCC(CCO[Si](C)(C)C(C)(C)C)c1ccc(F)cc1. The molecule has 0 spiro atoms. The van der Waals surface area contributed by atoms with Crippen LogP contribution in [0.2, 0.25) is 18.1 Å². The van der Waals surface area contributed by atoms with Crippen molar-refractivity contribution in [1.82, 2.24) is 20.7 Å². The Morgan fingerprint density at radius 2 is 1.89 bits per heavy atom. The van der Waals surface area contributed by atoms with Gasteiger partial charge in [-0.3, -0.25) is 4.79 Å². The number of halogens is 1. The van der Waals surface area contributed by atoms with E-state index in [2.05, 4.69) is 54.6 Å². The summed E-state index contributed by atoms with van der Waals surface area (Å²) >= 11 is 0. The first kappa shape index (κ1) is 26.6. The number of amides is 1. The monoisotopic (exact) mass is 498 g/mol. The molecule has 0 bridgehead atoms. The summed E-state index contributed by atoms with van der Waals surface area (Å²) in [6.07, 6.45) is 2.30. The maximum atomic E-state index is 13.5. The Morgan fingerprint density at radius 3 is 2.49 bits per heavy atom. The third-order valence-electron chi connectivity index (χ3n) is 6.74. The van der Waals surface area contributed by atoms with Crippen molar-refractivity contribution >= 4 is 14.2 Å². The Bertz CT molecular complexity index is 1110. The van der Waals surface area contributed by atoms with Gasteiger partial charge in [0.15, 0.2) is 8.32 Å². The Hall–Kier alpha value is -3.04. The highest BCUT2D eigenvalue weighted by molar-refractivity contribution is 6.74. The highest BCUT2D eigenvalue weighted by Crippen LogP contribution is 2.37. The van der Waals surface area contributed by atoms with E-state index < -0.39 is 8.32 Å². The van der Waals surface area contributed by atoms with Gasteiger partial charge < -0.3 is 14.5 Å². The number of aromatic nitrogens is 3. The molecule has 2 N–H and O–H groups in total. The number of aromatic amines is 1. The van der Waals surface area contributed by atoms with Crippen LogP contribution in [-0.2, 0) is 4.43 Å². The van der Waals surface area contributed by atoms with E-state index in [1.807, 2.05) is 6.07 Å². The van der Waals surface area contributed by atoms with Gasteiger partial charge >= 0.3 is 0 Å². The van der Waals surface area contributed by atoms with E-state index >= 15 is 0 Å². The fourth-order valence-corrected chi connectivity index (χ4v) is 4.55. The molecule has 0 fully saturated rings. The van der Waals surface area contributed by atoms with E-state index in [1.165, 1.54) is 19.2 Å². The number of carbonyl (C=O) groups excluding carboxylic acids is 1. The van der Waals surface area contributed by atoms with Crippen LogP contribution >= 0.6 is 0 Å². The fourth-order valence-electron chi connectivity index (χ4n) is 3.49. The quantitative estimate of drug-likeness (QED) is 0.358. The van der Waals surface area contributed by atoms with Crippen molar-refractivity contribution in [2.75, 3.05) is 20.3 Å². The Balaban J connectivity index is 1.75. The third-order valence-corrected chi connectivity index (χ3v) is 11.3. The van der Waals surface area contributed by atoms with Crippen LogP contribution in [0.5, 0.6) is 5.75 Å². The Kier molecular flexibility index (Phi) is 8.45. The van der Waals surface area contributed by atoms with Gasteiger partial charge in [0.25, 0.3) is 5.91 Å². The van der Waals surface area contributed by atoms with Crippen LogP contribution < -0.4 is 10.1 Å². The van der Waals surface area contributed by atoms with Gasteiger partial charge in [-0.15, -0.1) is 0 Å². The van der Waals surface area contributed by atoms with Gasteiger partial charge in [0, 0.05) is 24.6 Å². The molecule has 0 aliphatic rings. The van der Waals surface area contributed by atoms with Gasteiger partial charge in [-0.1, -0.05) is 32.9 Å². The zero-order valence-corrected chi connectivity index (χ0v) is 22.3. The molecular weight excluding hydrogens is 463 g/mol. The lowest BCUT2D eigenvalue weighted by molar-refractivity contribution is 0.0946. The van der Waals surface area contributed by atoms with Crippen molar-refractivity contribution in [2.24, 2.45) is 0 Å². The number of hydrogen-bond donors (Lipinski definition) is 2. The first-order chi connectivity index (χ1) is 16.5. The predicted molar refractivity (Wildman–Crippen MR) is 138 cm³/mol. The predicted octanol–water partition coefficient (Wildman–Crippen LogP) is 5.54. The molecule has 1 heterocycles. The highest BCUT2D eigenvalue weighted by Gasteiger charge is 2.37. The van der Waals surface area contributed by atoms with Gasteiger partial charge in [0.1, 0.15) is 17.3 Å². The van der Waals surface area contributed by atoms with Crippen LogP contribution in [0.25, 0.3) is 11.3 Å². The van der Waals surface area contributed by atoms with E-state index in [0.29, 0.717) is 36.6 Å². The molecule has 0 aliphatic heterocycles. The molecule has 188 valence electrons. The van der Waals surface area contributed by atoms with Crippen molar-refractivity contribution in [1.29, 1.82) is 0 Å². The number of H-pyrrole nitrogens is 1. The highest BCUT2D eigenvalue weighted by atomic mass is 28.4. The average Bonchev–Trinajstić information content (AvgIpc) is 3.35. The van der Waals surface area contributed by atoms with Gasteiger partial charge in [0.05, 0.1) is 18.9 Å². The normalized spacial score (nSPS) is 12.9. The molecule has 1 amide bonds. The minimum Gasteiger partial charge on any atom is -0.496 e. The number of rotatable bonds is 10. The molecule has 3 rings (SSSR count). The molecule has 35 heavy (non-hydrogen) atoms. The second-order valence-corrected chi connectivity index (χ2v) is 14.9. The summed E-state index contributed by atoms with van der Waals surface area (Å²) in [5.74, 6) is -0.114. The van der Waals surface area contributed by atoms with Crippen molar-refractivity contribution in [3.8, 4) is 17.0 Å². The summed E-state index contributed by atoms with van der Waals surface area (Å²) in [7, 11) is -0.372. The summed E-state index contributed by atoms with van der Waals surface area (Å²) in [5, 5.41) is 13.6. The van der Waals surface area contributed by atoms with E-state index in [4.69, 9.17) is 9.16 Å². The Morgan fingerprint density at radius 1 is 1.17 bits per heavy atom. The lowest BCUT2D eigenvalue weighted by Crippen LogP contribution is -2.41. The number of methoxy groups -OCH3 is 1. The number of benzene rings is 2. The number of hydrogen-bond acceptors (Lipinski definition) is 5. The summed E-state index contributed by atoms with van der Waals surface area (Å²) < 4.78 is 25.3. The van der Waals surface area contributed by atoms with Crippen molar-refractivity contribution < 1.29 is 18.3 Å². The van der Waals surface area contributed by atoms with Crippen LogP contribution in [0.1, 0.15) is 49.0 Å². The zero-order valence-electron chi connectivity index (χ0n) is 21.3. The lowest BCUT2D eigenvalue weighted by atomic mass is 9.95. The molecule has 0 radical (unpaired) electrons. The van der Waals surface area contributed by atoms with E-state index in [1.54, 1.807) is 30.5 Å². The van der Waals surface area contributed by atoms with Crippen molar-refractivity contribution in [3.05, 3.63) is 65.6 Å². The fraction of sp³-hybridized carbons (Fsp3) is 0.423. The van der Waals surface area contributed by atoms with E-state index in [-0.39, 0.29) is 22.7 Å². The van der Waals surface area contributed by atoms with Gasteiger partial charge in [-0.05, 0) is 60.4 Å². The number of nitrogens with one attached hydrogen (secondary N) is 2. The lowest BCUT2D eigenvalue weighted by Gasteiger charge is -2.36. The largest absolute Gasteiger partial charge is 0.496 e. The molecule has 3 aromatic rings. The molecule has 1 unspecified atom stereocenters. The first-order valence-electron chi connectivity index (χ1n) is 11.7. The maximum absolute atomic E-state index is 13.5. The molecule has 0 aliphatic carbocycles. The number of nitrogens with zero attached hydrogens (tertiary/aromatic N) is 2. The summed E-state index contributed by atoms with van der Waals surface area (Å²) in [5.41, 5.74) is 2.74. The van der Waals surface area contributed by atoms with Gasteiger partial charge in [-0.2, -0.15) is 15.4 Å². The van der Waals surface area contributed by atoms with Crippen LogP contribution in [0, 0.1) is 5.82 Å². The second kappa shape index (κ2) is 11.1. The molecule has 1 aromatic heterocycles. The summed E-state index contributed by atoms with van der Waals surface area (Å²) in [4.78, 5) is 13.2. The zero-order chi connectivity index (χ0) is 25.6. The van der Waals surface area contributed by atoms with Crippen LogP contribution in [0.3, 0.4) is 0 Å². The first-order valence-corrected chi connectivity index (χ1v) is 14.6. The third kappa shape index (κ3) is 6.76. The molecule has 2 aromatic carbocycles. The minimum atomic E-state index is -1.90. The van der Waals surface area contributed by atoms with Crippen LogP contribution in [0.4, 0.5) is 4.39 Å². The standard InChI is InChI=1S/C26H35FN4O3Si/c1-26(2,3)35(5,6)34-14-13-20(18-7-10-21(27)11-8-18)16-28-25(32)22-15-19(9-12-24(22)33-4)23-17-29-31-30-23/h7-12,15,17,20H,13-14,16H2,1-6H3,(H,28,32)(H,29,30,31). The Labute approximate surface area is 207 Å². The minimum absolute atomic E-state index is 0.0333. The van der Waals surface area contributed by atoms with E-state index in [9.17, 15) is 9.18 Å². The summed E-state index contributed by atoms with van der Waals surface area (Å²) in [6, 6.07) is 11.7. The van der Waals surface area contributed by atoms with Gasteiger partial charge in [-0.25, -0.2) is 4.39 Å². The molecule has 0 saturated heterocycles. The topological polar surface area (TPSA) is 89.1 Å². The average molecular weight is 499 g/mol. The summed E-state index contributed by atoms with van der Waals surface area (Å²) in [6.45, 7) is 12.0. The molecule has 1 atom stereocenters. The maximum Gasteiger partial charge on any atom is 0.255 e. The van der Waals surface area contributed by atoms with Crippen molar-refractivity contribution in [3.63, 3.8) is 0 Å². The van der Waals surface area contributed by atoms with E-state index in [0.717, 1.165) is 11.1 Å². The molecule has 7 nitrogen and oxygen atoms in total. The molecule has 9 heteroatoms. The molecule has 0 saturated carbocycles. The van der Waals surface area contributed by atoms with Crippen molar-refractivity contribution in [2.45, 2.75) is 51.2 Å². The van der Waals surface area contributed by atoms with Crippen LogP contribution in [0.15, 0.2) is 48.7 Å².